The number of anilines is 1. The fourth-order valence-electron chi connectivity index (χ4n) is 3.31. The molecular weight excluding hydrogens is 366 g/mol. The predicted molar refractivity (Wildman–Crippen MR) is 105 cm³/mol. The zero-order valence-electron chi connectivity index (χ0n) is 15.6. The SMILES string of the molecule is C=C(/N=C1\C(=C/N)N=C(Nc2ccc(F)cc2F)N1[C@H]1CC[C@@H](O)CC1)NC. The number of halogens is 2. The molecule has 5 N–H and O–H groups in total. The van der Waals surface area contributed by atoms with E-state index < -0.39 is 11.6 Å². The highest BCUT2D eigenvalue weighted by atomic mass is 19.1. The Hall–Kier alpha value is -2.94. The maximum absolute atomic E-state index is 14.2. The molecule has 28 heavy (non-hydrogen) atoms. The lowest BCUT2D eigenvalue weighted by Gasteiger charge is -2.35. The number of hydrogen-bond acceptors (Lipinski definition) is 6. The lowest BCUT2D eigenvalue weighted by Crippen LogP contribution is -2.46. The first-order valence-electron chi connectivity index (χ1n) is 9.08. The number of benzene rings is 1. The van der Waals surface area contributed by atoms with Gasteiger partial charge in [-0.05, 0) is 37.8 Å². The monoisotopic (exact) mass is 390 g/mol. The van der Waals surface area contributed by atoms with Crippen molar-refractivity contribution in [3.8, 4) is 0 Å². The lowest BCUT2D eigenvalue weighted by atomic mass is 9.92. The summed E-state index contributed by atoms with van der Waals surface area (Å²) in [5.41, 5.74) is 6.24. The molecule has 1 saturated carbocycles. The Morgan fingerprint density at radius 1 is 1.36 bits per heavy atom. The van der Waals surface area contributed by atoms with Gasteiger partial charge in [0, 0.05) is 25.4 Å². The summed E-state index contributed by atoms with van der Waals surface area (Å²) in [7, 11) is 1.70. The molecule has 1 aliphatic carbocycles. The van der Waals surface area contributed by atoms with Crippen molar-refractivity contribution in [2.24, 2.45) is 15.7 Å². The minimum Gasteiger partial charge on any atom is -0.403 e. The Morgan fingerprint density at radius 2 is 2.07 bits per heavy atom. The number of nitrogens with zero attached hydrogens (tertiary/aromatic N) is 3. The van der Waals surface area contributed by atoms with Crippen LogP contribution in [0, 0.1) is 11.6 Å². The minimum absolute atomic E-state index is 0.0148. The molecule has 0 saturated heterocycles. The van der Waals surface area contributed by atoms with Gasteiger partial charge in [-0.25, -0.2) is 18.8 Å². The first kappa shape index (κ1) is 19.8. The number of nitrogens with one attached hydrogen (secondary N) is 2. The summed E-state index contributed by atoms with van der Waals surface area (Å²) in [6.45, 7) is 3.82. The van der Waals surface area contributed by atoms with Crippen LogP contribution in [0.4, 0.5) is 14.5 Å². The number of nitrogens with two attached hydrogens (primary N) is 1. The normalized spacial score (nSPS) is 25.1. The van der Waals surface area contributed by atoms with Gasteiger partial charge >= 0.3 is 0 Å². The molecule has 3 rings (SSSR count). The van der Waals surface area contributed by atoms with E-state index in [-0.39, 0.29) is 17.8 Å². The van der Waals surface area contributed by atoms with Crippen LogP contribution in [0.3, 0.4) is 0 Å². The summed E-state index contributed by atoms with van der Waals surface area (Å²) in [6.07, 6.45) is 3.68. The van der Waals surface area contributed by atoms with Crippen molar-refractivity contribution in [1.29, 1.82) is 0 Å². The van der Waals surface area contributed by atoms with E-state index in [1.54, 1.807) is 7.05 Å². The number of aliphatic hydroxyl groups excluding tert-OH is 1. The van der Waals surface area contributed by atoms with Crippen LogP contribution in [0.25, 0.3) is 0 Å². The Morgan fingerprint density at radius 3 is 2.68 bits per heavy atom. The lowest BCUT2D eigenvalue weighted by molar-refractivity contribution is 0.109. The smallest absolute Gasteiger partial charge is 0.210 e. The third kappa shape index (κ3) is 4.14. The molecule has 1 aliphatic heterocycles. The predicted octanol–water partition coefficient (Wildman–Crippen LogP) is 2.24. The molecule has 1 heterocycles. The van der Waals surface area contributed by atoms with Crippen molar-refractivity contribution in [2.75, 3.05) is 12.4 Å². The molecular formula is C19H24F2N6O. The molecule has 0 aromatic heterocycles. The molecule has 9 heteroatoms. The van der Waals surface area contributed by atoms with E-state index in [9.17, 15) is 13.9 Å². The van der Waals surface area contributed by atoms with E-state index in [2.05, 4.69) is 27.2 Å². The Kier molecular flexibility index (Phi) is 5.93. The number of aliphatic hydroxyl groups is 1. The van der Waals surface area contributed by atoms with Crippen LogP contribution in [0.5, 0.6) is 0 Å². The molecule has 2 aliphatic rings. The van der Waals surface area contributed by atoms with Gasteiger partial charge in [-0.15, -0.1) is 0 Å². The van der Waals surface area contributed by atoms with Crippen molar-refractivity contribution in [1.82, 2.24) is 10.2 Å². The second-order valence-electron chi connectivity index (χ2n) is 6.70. The van der Waals surface area contributed by atoms with Crippen LogP contribution in [-0.2, 0) is 0 Å². The Labute approximate surface area is 162 Å². The molecule has 1 aromatic rings. The first-order valence-corrected chi connectivity index (χ1v) is 9.08. The van der Waals surface area contributed by atoms with Crippen molar-refractivity contribution in [3.05, 3.63) is 54.1 Å². The van der Waals surface area contributed by atoms with E-state index in [4.69, 9.17) is 5.73 Å². The van der Waals surface area contributed by atoms with Crippen molar-refractivity contribution in [3.63, 3.8) is 0 Å². The van der Waals surface area contributed by atoms with Crippen LogP contribution in [0.2, 0.25) is 0 Å². The maximum Gasteiger partial charge on any atom is 0.210 e. The van der Waals surface area contributed by atoms with E-state index >= 15 is 0 Å². The van der Waals surface area contributed by atoms with Gasteiger partial charge in [0.1, 0.15) is 23.2 Å². The van der Waals surface area contributed by atoms with E-state index in [1.807, 2.05) is 4.90 Å². The van der Waals surface area contributed by atoms with Crippen molar-refractivity contribution >= 4 is 17.5 Å². The number of guanidine groups is 1. The fraction of sp³-hybridized carbons (Fsp3) is 0.368. The van der Waals surface area contributed by atoms with Gasteiger partial charge in [0.15, 0.2) is 5.84 Å². The van der Waals surface area contributed by atoms with Crippen LogP contribution in [-0.4, -0.2) is 41.0 Å². The third-order valence-electron chi connectivity index (χ3n) is 4.81. The van der Waals surface area contributed by atoms with E-state index in [0.29, 0.717) is 49.0 Å². The summed E-state index contributed by atoms with van der Waals surface area (Å²) in [5, 5.41) is 15.6. The highest BCUT2D eigenvalue weighted by Crippen LogP contribution is 2.30. The summed E-state index contributed by atoms with van der Waals surface area (Å²) in [5.74, 6) is -0.159. The standard InChI is InChI=1S/C19H24F2N6O/c1-11(23-2)24-18-17(10-22)26-19(25-16-8-3-12(20)9-15(16)21)27(18)13-4-6-14(28)7-5-13/h3,8-10,13-14,23,28H,1,4-7,22H2,2H3,(H,25,26)/b17-10+,24-18+/t13-,14+. The minimum atomic E-state index is -0.731. The Balaban J connectivity index is 1.97. The summed E-state index contributed by atoms with van der Waals surface area (Å²) < 4.78 is 27.4. The van der Waals surface area contributed by atoms with Gasteiger partial charge in [0.2, 0.25) is 5.96 Å². The van der Waals surface area contributed by atoms with Crippen LogP contribution in [0.1, 0.15) is 25.7 Å². The quantitative estimate of drug-likeness (QED) is 0.632. The Bertz CT molecular complexity index is 843. The number of aliphatic imine (C=N–C) groups is 2. The summed E-state index contributed by atoms with van der Waals surface area (Å²) in [6, 6.07) is 3.26. The van der Waals surface area contributed by atoms with Gasteiger partial charge < -0.3 is 21.5 Å². The maximum atomic E-state index is 14.2. The third-order valence-corrected chi connectivity index (χ3v) is 4.81. The van der Waals surface area contributed by atoms with E-state index in [0.717, 1.165) is 6.07 Å². The molecule has 0 amide bonds. The molecule has 0 spiro atoms. The molecule has 7 nitrogen and oxygen atoms in total. The van der Waals surface area contributed by atoms with Gasteiger partial charge in [-0.1, -0.05) is 6.58 Å². The average Bonchev–Trinajstić information content (AvgIpc) is 3.01. The van der Waals surface area contributed by atoms with Crippen LogP contribution < -0.4 is 16.4 Å². The summed E-state index contributed by atoms with van der Waals surface area (Å²) >= 11 is 0. The highest BCUT2D eigenvalue weighted by Gasteiger charge is 2.36. The second-order valence-corrected chi connectivity index (χ2v) is 6.70. The second kappa shape index (κ2) is 8.39. The van der Waals surface area contributed by atoms with Gasteiger partial charge in [0.25, 0.3) is 0 Å². The number of rotatable bonds is 4. The molecule has 0 unspecified atom stereocenters. The summed E-state index contributed by atoms with van der Waals surface area (Å²) in [4.78, 5) is 10.8. The van der Waals surface area contributed by atoms with Crippen molar-refractivity contribution < 1.29 is 13.9 Å². The molecule has 0 atom stereocenters. The number of amidine groups is 1. The molecule has 1 fully saturated rings. The molecule has 1 aromatic carbocycles. The topological polar surface area (TPSA) is 98.3 Å². The van der Waals surface area contributed by atoms with Crippen LogP contribution in [0.15, 0.2) is 52.5 Å². The van der Waals surface area contributed by atoms with Crippen molar-refractivity contribution in [2.45, 2.75) is 37.8 Å². The number of hydrogen-bond donors (Lipinski definition) is 4. The zero-order chi connectivity index (χ0) is 20.3. The largest absolute Gasteiger partial charge is 0.403 e. The molecule has 150 valence electrons. The van der Waals surface area contributed by atoms with E-state index in [1.165, 1.54) is 18.3 Å². The molecule has 0 bridgehead atoms. The van der Waals surface area contributed by atoms with Gasteiger partial charge in [-0.2, -0.15) is 0 Å². The van der Waals surface area contributed by atoms with Gasteiger partial charge in [-0.3, -0.25) is 4.90 Å². The zero-order valence-corrected chi connectivity index (χ0v) is 15.6. The fourth-order valence-corrected chi connectivity index (χ4v) is 3.31. The highest BCUT2D eigenvalue weighted by molar-refractivity contribution is 6.18. The first-order chi connectivity index (χ1) is 13.4. The van der Waals surface area contributed by atoms with Crippen LogP contribution >= 0.6 is 0 Å². The average molecular weight is 390 g/mol. The molecule has 0 radical (unpaired) electrons. The van der Waals surface area contributed by atoms with Gasteiger partial charge in [0.05, 0.1) is 11.8 Å².